The molecule has 2 aromatic heterocycles. The van der Waals surface area contributed by atoms with Crippen LogP contribution in [0.3, 0.4) is 0 Å². The number of aryl methyl sites for hydroxylation is 1. The number of nitrogens with zero attached hydrogens (tertiary/aromatic N) is 2. The van der Waals surface area contributed by atoms with Crippen molar-refractivity contribution in [3.63, 3.8) is 0 Å². The molecule has 1 aromatic carbocycles. The number of hydrogen-bond donors (Lipinski definition) is 0. The Bertz CT molecular complexity index is 801. The lowest BCUT2D eigenvalue weighted by molar-refractivity contribution is 0.630. The van der Waals surface area contributed by atoms with E-state index in [1.807, 2.05) is 6.07 Å². The normalized spacial score (nSPS) is 11.2. The first-order chi connectivity index (χ1) is 9.58. The Morgan fingerprint density at radius 3 is 2.75 bits per heavy atom. The van der Waals surface area contributed by atoms with E-state index in [-0.39, 0.29) is 11.4 Å². The summed E-state index contributed by atoms with van der Waals surface area (Å²) in [6.07, 6.45) is 0.901. The van der Waals surface area contributed by atoms with Gasteiger partial charge in [-0.1, -0.05) is 30.1 Å². The molecule has 3 rings (SSSR count). The van der Waals surface area contributed by atoms with E-state index >= 15 is 0 Å². The molecule has 3 aromatic rings. The van der Waals surface area contributed by atoms with Crippen LogP contribution in [0.4, 0.5) is 4.39 Å². The van der Waals surface area contributed by atoms with Crippen molar-refractivity contribution in [1.82, 2.24) is 9.97 Å². The highest BCUT2D eigenvalue weighted by atomic mass is 35.5. The van der Waals surface area contributed by atoms with Gasteiger partial charge >= 0.3 is 0 Å². The Morgan fingerprint density at radius 2 is 2.00 bits per heavy atom. The Morgan fingerprint density at radius 1 is 1.20 bits per heavy atom. The van der Waals surface area contributed by atoms with Gasteiger partial charge in [-0.3, -0.25) is 0 Å². The van der Waals surface area contributed by atoms with Gasteiger partial charge in [0.25, 0.3) is 0 Å². The van der Waals surface area contributed by atoms with Gasteiger partial charge in [-0.25, -0.2) is 14.4 Å². The Balaban J connectivity index is 2.24. The van der Waals surface area contributed by atoms with Gasteiger partial charge in [-0.2, -0.15) is 0 Å². The molecule has 2 nitrogen and oxygen atoms in total. The van der Waals surface area contributed by atoms with Crippen LogP contribution in [0, 0.1) is 5.82 Å². The maximum Gasteiger partial charge on any atom is 0.165 e. The largest absolute Gasteiger partial charge is 0.217 e. The third kappa shape index (κ3) is 2.39. The fourth-order valence-corrected chi connectivity index (χ4v) is 3.32. The van der Waals surface area contributed by atoms with Gasteiger partial charge in [-0.05, 0) is 30.7 Å². The fourth-order valence-electron chi connectivity index (χ4n) is 1.90. The lowest BCUT2D eigenvalue weighted by Crippen LogP contribution is -1.92. The van der Waals surface area contributed by atoms with Crippen LogP contribution in [0.5, 0.6) is 0 Å². The van der Waals surface area contributed by atoms with Crippen LogP contribution < -0.4 is 0 Å². The van der Waals surface area contributed by atoms with Crippen molar-refractivity contribution in [3.8, 4) is 11.4 Å². The molecule has 0 saturated heterocycles. The number of aromatic nitrogens is 2. The molecular formula is C14H9Cl2FN2S. The maximum atomic E-state index is 13.9. The summed E-state index contributed by atoms with van der Waals surface area (Å²) in [6, 6.07) is 6.26. The second kappa shape index (κ2) is 5.28. The summed E-state index contributed by atoms with van der Waals surface area (Å²) in [5, 5.41) is 1.57. The van der Waals surface area contributed by atoms with Crippen LogP contribution in [0.1, 0.15) is 11.8 Å². The molecule has 0 fully saturated rings. The van der Waals surface area contributed by atoms with Gasteiger partial charge in [-0.15, -0.1) is 11.3 Å². The number of hydrogen-bond acceptors (Lipinski definition) is 3. The lowest BCUT2D eigenvalue weighted by atomic mass is 10.2. The average molecular weight is 327 g/mol. The molecule has 0 N–H and O–H groups in total. The predicted molar refractivity (Wildman–Crippen MR) is 82.2 cm³/mol. The number of thiophene rings is 1. The highest BCUT2D eigenvalue weighted by molar-refractivity contribution is 7.18. The number of benzene rings is 1. The minimum atomic E-state index is -0.419. The van der Waals surface area contributed by atoms with Crippen molar-refractivity contribution in [1.29, 1.82) is 0 Å². The van der Waals surface area contributed by atoms with Crippen LogP contribution >= 0.6 is 34.5 Å². The average Bonchev–Trinajstić information content (AvgIpc) is 2.85. The van der Waals surface area contributed by atoms with Crippen LogP contribution in [0.25, 0.3) is 21.6 Å². The zero-order valence-electron chi connectivity index (χ0n) is 10.5. The summed E-state index contributed by atoms with van der Waals surface area (Å²) in [4.78, 5) is 10.5. The number of rotatable bonds is 2. The topological polar surface area (TPSA) is 25.8 Å². The SMILES string of the molecule is CCc1cc2c(Cl)nc(-c3cc(Cl)ccc3F)nc2s1. The Hall–Kier alpha value is -1.23. The lowest BCUT2D eigenvalue weighted by Gasteiger charge is -2.03. The molecule has 0 spiro atoms. The van der Waals surface area contributed by atoms with Gasteiger partial charge in [0.2, 0.25) is 0 Å². The predicted octanol–water partition coefficient (Wildman–Crippen LogP) is 5.37. The first-order valence-corrected chi connectivity index (χ1v) is 7.57. The van der Waals surface area contributed by atoms with E-state index in [9.17, 15) is 4.39 Å². The van der Waals surface area contributed by atoms with Crippen molar-refractivity contribution in [2.75, 3.05) is 0 Å². The second-order valence-electron chi connectivity index (χ2n) is 4.25. The fraction of sp³-hybridized carbons (Fsp3) is 0.143. The molecule has 0 radical (unpaired) electrons. The molecule has 102 valence electrons. The second-order valence-corrected chi connectivity index (χ2v) is 6.16. The third-order valence-electron chi connectivity index (χ3n) is 2.92. The zero-order valence-corrected chi connectivity index (χ0v) is 12.8. The summed E-state index contributed by atoms with van der Waals surface area (Å²) >= 11 is 13.6. The Labute approximate surface area is 129 Å². The van der Waals surface area contributed by atoms with Gasteiger partial charge in [0, 0.05) is 15.3 Å². The summed E-state index contributed by atoms with van der Waals surface area (Å²) in [6.45, 7) is 2.06. The van der Waals surface area contributed by atoms with E-state index in [2.05, 4.69) is 16.9 Å². The summed E-state index contributed by atoms with van der Waals surface area (Å²) in [7, 11) is 0. The van der Waals surface area contributed by atoms with Gasteiger partial charge in [0.05, 0.1) is 5.56 Å². The monoisotopic (exact) mass is 326 g/mol. The van der Waals surface area contributed by atoms with E-state index in [1.54, 1.807) is 0 Å². The molecule has 0 bridgehead atoms. The van der Waals surface area contributed by atoms with E-state index in [0.29, 0.717) is 10.2 Å². The van der Waals surface area contributed by atoms with Crippen molar-refractivity contribution in [2.45, 2.75) is 13.3 Å². The molecular weight excluding hydrogens is 318 g/mol. The Kier molecular flexibility index (Phi) is 3.63. The van der Waals surface area contributed by atoms with Crippen molar-refractivity contribution in [2.24, 2.45) is 0 Å². The zero-order chi connectivity index (χ0) is 14.3. The maximum absolute atomic E-state index is 13.9. The minimum absolute atomic E-state index is 0.256. The quantitative estimate of drug-likeness (QED) is 0.592. The smallest absolute Gasteiger partial charge is 0.165 e. The molecule has 0 aliphatic heterocycles. The van der Waals surface area contributed by atoms with Gasteiger partial charge in [0.15, 0.2) is 5.82 Å². The first kappa shape index (κ1) is 13.7. The van der Waals surface area contributed by atoms with Crippen LogP contribution in [0.2, 0.25) is 10.2 Å². The van der Waals surface area contributed by atoms with Crippen LogP contribution in [-0.2, 0) is 6.42 Å². The van der Waals surface area contributed by atoms with E-state index in [1.165, 1.54) is 34.4 Å². The molecule has 0 aliphatic carbocycles. The van der Waals surface area contributed by atoms with Crippen molar-refractivity contribution in [3.05, 3.63) is 45.1 Å². The summed E-state index contributed by atoms with van der Waals surface area (Å²) < 4.78 is 13.9. The van der Waals surface area contributed by atoms with Crippen molar-refractivity contribution >= 4 is 44.8 Å². The molecule has 2 heterocycles. The molecule has 20 heavy (non-hydrogen) atoms. The molecule has 0 saturated carbocycles. The van der Waals surface area contributed by atoms with Crippen LogP contribution in [0.15, 0.2) is 24.3 Å². The molecule has 6 heteroatoms. The molecule has 0 aliphatic rings. The van der Waals surface area contributed by atoms with Gasteiger partial charge < -0.3 is 0 Å². The van der Waals surface area contributed by atoms with Gasteiger partial charge in [0.1, 0.15) is 15.8 Å². The standard InChI is InChI=1S/C14H9Cl2FN2S/c1-2-8-6-10-12(16)18-13(19-14(10)20-8)9-5-7(15)3-4-11(9)17/h3-6H,2H2,1H3. The van der Waals surface area contributed by atoms with E-state index < -0.39 is 5.82 Å². The van der Waals surface area contributed by atoms with E-state index in [4.69, 9.17) is 23.2 Å². The minimum Gasteiger partial charge on any atom is -0.217 e. The highest BCUT2D eigenvalue weighted by Gasteiger charge is 2.14. The summed E-state index contributed by atoms with van der Waals surface area (Å²) in [5.74, 6) is -0.163. The first-order valence-electron chi connectivity index (χ1n) is 6.00. The highest BCUT2D eigenvalue weighted by Crippen LogP contribution is 2.32. The van der Waals surface area contributed by atoms with Crippen molar-refractivity contribution < 1.29 is 4.39 Å². The molecule has 0 amide bonds. The molecule has 0 atom stereocenters. The molecule has 0 unspecified atom stereocenters. The number of halogens is 3. The summed E-state index contributed by atoms with van der Waals surface area (Å²) in [5.41, 5.74) is 0.257. The van der Waals surface area contributed by atoms with Crippen LogP contribution in [-0.4, -0.2) is 9.97 Å². The third-order valence-corrected chi connectivity index (χ3v) is 4.61. The van der Waals surface area contributed by atoms with E-state index in [0.717, 1.165) is 16.6 Å². The number of fused-ring (bicyclic) bond motifs is 1.